The molecular formula is C12H16FN5O2S. The second-order valence-corrected chi connectivity index (χ2v) is 6.52. The Morgan fingerprint density at radius 1 is 1.38 bits per heavy atom. The molecule has 0 atom stereocenters. The highest BCUT2D eigenvalue weighted by atomic mass is 32.2. The van der Waals surface area contributed by atoms with Crippen LogP contribution in [0.1, 0.15) is 5.56 Å². The van der Waals surface area contributed by atoms with Crippen molar-refractivity contribution in [2.24, 2.45) is 0 Å². The average Bonchev–Trinajstić information content (AvgIpc) is 2.85. The van der Waals surface area contributed by atoms with Gasteiger partial charge in [0.05, 0.1) is 5.75 Å². The molecular weight excluding hydrogens is 297 g/mol. The summed E-state index contributed by atoms with van der Waals surface area (Å²) in [7, 11) is -0.0998. The largest absolute Gasteiger partial charge is 0.346 e. The topological polar surface area (TPSA) is 91.0 Å². The zero-order valence-corrected chi connectivity index (χ0v) is 12.5. The Morgan fingerprint density at radius 3 is 2.76 bits per heavy atom. The molecule has 1 heterocycles. The smallest absolute Gasteiger partial charge is 0.245 e. The number of rotatable bonds is 6. The number of aromatic nitrogens is 3. The molecule has 0 aliphatic heterocycles. The number of sulfonamides is 1. The fourth-order valence-electron chi connectivity index (χ4n) is 1.64. The van der Waals surface area contributed by atoms with Gasteiger partial charge in [-0.3, -0.25) is 4.72 Å². The third kappa shape index (κ3) is 4.42. The van der Waals surface area contributed by atoms with Crippen LogP contribution in [0, 0.1) is 5.82 Å². The lowest BCUT2D eigenvalue weighted by Gasteiger charge is -2.06. The molecule has 0 spiro atoms. The van der Waals surface area contributed by atoms with Crippen LogP contribution in [0.2, 0.25) is 0 Å². The predicted molar refractivity (Wildman–Crippen MR) is 78.2 cm³/mol. The van der Waals surface area contributed by atoms with E-state index in [2.05, 4.69) is 19.9 Å². The van der Waals surface area contributed by atoms with Crippen molar-refractivity contribution in [3.8, 4) is 0 Å². The molecule has 0 saturated heterocycles. The Balaban J connectivity index is 1.98. The monoisotopic (exact) mass is 313 g/mol. The van der Waals surface area contributed by atoms with Gasteiger partial charge in [0, 0.05) is 14.1 Å². The number of benzene rings is 1. The van der Waals surface area contributed by atoms with E-state index >= 15 is 0 Å². The zero-order chi connectivity index (χ0) is 15.5. The van der Waals surface area contributed by atoms with Gasteiger partial charge in [-0.2, -0.15) is 4.98 Å². The Morgan fingerprint density at radius 2 is 2.14 bits per heavy atom. The lowest BCUT2D eigenvalue weighted by Crippen LogP contribution is -2.19. The highest BCUT2D eigenvalue weighted by Gasteiger charge is 2.14. The number of halogens is 1. The van der Waals surface area contributed by atoms with Crippen molar-refractivity contribution in [3.63, 3.8) is 0 Å². The minimum atomic E-state index is -3.58. The van der Waals surface area contributed by atoms with Gasteiger partial charge in [-0.1, -0.05) is 12.1 Å². The standard InChI is InChI=1S/C12H16FN5O2S/c1-18(2)12-14-11(15-16-12)17-21(19,20)7-6-9-4-3-5-10(13)8-9/h3-5,8H,6-7H2,1-2H3,(H2,14,15,16,17). The van der Waals surface area contributed by atoms with Crippen LogP contribution in [0.15, 0.2) is 24.3 Å². The van der Waals surface area contributed by atoms with Crippen LogP contribution in [0.4, 0.5) is 16.3 Å². The number of aryl methyl sites for hydroxylation is 1. The van der Waals surface area contributed by atoms with Gasteiger partial charge in [-0.05, 0) is 24.1 Å². The number of hydrogen-bond donors (Lipinski definition) is 2. The first-order chi connectivity index (χ1) is 9.85. The van der Waals surface area contributed by atoms with Gasteiger partial charge in [0.15, 0.2) is 0 Å². The molecule has 2 N–H and O–H groups in total. The lowest BCUT2D eigenvalue weighted by molar-refractivity contribution is 0.599. The molecule has 2 aromatic rings. The summed E-state index contributed by atoms with van der Waals surface area (Å²) >= 11 is 0. The summed E-state index contributed by atoms with van der Waals surface area (Å²) in [6, 6.07) is 5.85. The summed E-state index contributed by atoms with van der Waals surface area (Å²) in [5.74, 6) is -0.131. The van der Waals surface area contributed by atoms with Crippen LogP contribution in [0.25, 0.3) is 0 Å². The molecule has 0 radical (unpaired) electrons. The molecule has 1 aromatic carbocycles. The van der Waals surface area contributed by atoms with E-state index in [1.807, 2.05) is 0 Å². The van der Waals surface area contributed by atoms with Crippen LogP contribution < -0.4 is 9.62 Å². The van der Waals surface area contributed by atoms with E-state index in [-0.39, 0.29) is 23.9 Å². The number of nitrogens with one attached hydrogen (secondary N) is 2. The molecule has 0 fully saturated rings. The number of hydrogen-bond acceptors (Lipinski definition) is 5. The van der Waals surface area contributed by atoms with Crippen molar-refractivity contribution in [3.05, 3.63) is 35.6 Å². The molecule has 114 valence electrons. The minimum Gasteiger partial charge on any atom is -0.346 e. The molecule has 0 aliphatic rings. The summed E-state index contributed by atoms with van der Waals surface area (Å²) in [6.45, 7) is 0. The molecule has 0 unspecified atom stereocenters. The maximum atomic E-state index is 13.0. The van der Waals surface area contributed by atoms with Gasteiger partial charge in [-0.25, -0.2) is 17.9 Å². The van der Waals surface area contributed by atoms with E-state index in [1.54, 1.807) is 31.1 Å². The summed E-state index contributed by atoms with van der Waals surface area (Å²) in [5.41, 5.74) is 0.618. The normalized spacial score (nSPS) is 11.4. The zero-order valence-electron chi connectivity index (χ0n) is 11.7. The van der Waals surface area contributed by atoms with E-state index in [0.717, 1.165) is 0 Å². The Kier molecular flexibility index (Phi) is 4.41. The molecule has 0 saturated carbocycles. The summed E-state index contributed by atoms with van der Waals surface area (Å²) in [5, 5.41) is 6.34. The lowest BCUT2D eigenvalue weighted by atomic mass is 10.2. The molecule has 0 bridgehead atoms. The highest BCUT2D eigenvalue weighted by Crippen LogP contribution is 2.10. The second-order valence-electron chi connectivity index (χ2n) is 4.68. The summed E-state index contributed by atoms with van der Waals surface area (Å²) in [6.07, 6.45) is 0.210. The van der Waals surface area contributed by atoms with E-state index in [1.165, 1.54) is 12.1 Å². The van der Waals surface area contributed by atoms with Crippen molar-refractivity contribution in [2.75, 3.05) is 29.5 Å². The number of aromatic amines is 1. The molecule has 2 rings (SSSR count). The third-order valence-electron chi connectivity index (χ3n) is 2.67. The van der Waals surface area contributed by atoms with Crippen molar-refractivity contribution < 1.29 is 12.8 Å². The Labute approximate surface area is 122 Å². The van der Waals surface area contributed by atoms with E-state index in [9.17, 15) is 12.8 Å². The second kappa shape index (κ2) is 6.08. The number of H-pyrrole nitrogens is 1. The highest BCUT2D eigenvalue weighted by molar-refractivity contribution is 7.92. The van der Waals surface area contributed by atoms with Crippen molar-refractivity contribution in [1.29, 1.82) is 0 Å². The van der Waals surface area contributed by atoms with Crippen LogP contribution in [0.5, 0.6) is 0 Å². The maximum absolute atomic E-state index is 13.0. The molecule has 9 heteroatoms. The quantitative estimate of drug-likeness (QED) is 0.830. The fraction of sp³-hybridized carbons (Fsp3) is 0.333. The SMILES string of the molecule is CN(C)c1n[nH]c(NS(=O)(=O)CCc2cccc(F)c2)n1. The molecule has 1 aromatic heterocycles. The van der Waals surface area contributed by atoms with Crippen molar-refractivity contribution in [1.82, 2.24) is 15.2 Å². The Hall–Kier alpha value is -2.16. The predicted octanol–water partition coefficient (Wildman–Crippen LogP) is 0.994. The van der Waals surface area contributed by atoms with Gasteiger partial charge in [0.2, 0.25) is 21.9 Å². The first-order valence-electron chi connectivity index (χ1n) is 6.20. The summed E-state index contributed by atoms with van der Waals surface area (Å²) in [4.78, 5) is 5.61. The number of nitrogens with zero attached hydrogens (tertiary/aromatic N) is 3. The third-order valence-corrected chi connectivity index (χ3v) is 3.92. The fourth-order valence-corrected chi connectivity index (χ4v) is 2.63. The van der Waals surface area contributed by atoms with Crippen molar-refractivity contribution in [2.45, 2.75) is 6.42 Å². The molecule has 0 aliphatic carbocycles. The van der Waals surface area contributed by atoms with Gasteiger partial charge in [-0.15, -0.1) is 5.10 Å². The maximum Gasteiger partial charge on any atom is 0.245 e. The molecule has 21 heavy (non-hydrogen) atoms. The van der Waals surface area contributed by atoms with Crippen LogP contribution in [0.3, 0.4) is 0 Å². The van der Waals surface area contributed by atoms with E-state index < -0.39 is 10.0 Å². The first-order valence-corrected chi connectivity index (χ1v) is 7.85. The van der Waals surface area contributed by atoms with Gasteiger partial charge < -0.3 is 4.90 Å². The van der Waals surface area contributed by atoms with Gasteiger partial charge in [0.1, 0.15) is 5.82 Å². The average molecular weight is 313 g/mol. The number of anilines is 2. The first kappa shape index (κ1) is 15.2. The molecule has 0 amide bonds. The summed E-state index contributed by atoms with van der Waals surface area (Å²) < 4.78 is 39.2. The minimum absolute atomic E-state index is 0.0537. The van der Waals surface area contributed by atoms with E-state index in [0.29, 0.717) is 11.5 Å². The Bertz CT molecular complexity index is 714. The van der Waals surface area contributed by atoms with Crippen LogP contribution >= 0.6 is 0 Å². The molecule has 7 nitrogen and oxygen atoms in total. The van der Waals surface area contributed by atoms with Crippen LogP contribution in [-0.2, 0) is 16.4 Å². The van der Waals surface area contributed by atoms with Gasteiger partial charge in [0.25, 0.3) is 0 Å². The van der Waals surface area contributed by atoms with Gasteiger partial charge >= 0.3 is 0 Å². The van der Waals surface area contributed by atoms with Crippen LogP contribution in [-0.4, -0.2) is 43.4 Å². The van der Waals surface area contributed by atoms with Crippen molar-refractivity contribution >= 4 is 21.9 Å². The van der Waals surface area contributed by atoms with E-state index in [4.69, 9.17) is 0 Å².